The van der Waals surface area contributed by atoms with Crippen LogP contribution in [0.25, 0.3) is 0 Å². The van der Waals surface area contributed by atoms with E-state index < -0.39 is 0 Å². The molecule has 0 spiro atoms. The number of morpholine rings is 1. The van der Waals surface area contributed by atoms with Crippen LogP contribution in [0.1, 0.15) is 26.3 Å². The first-order chi connectivity index (χ1) is 11.6. The molecule has 2 rings (SSSR count). The summed E-state index contributed by atoms with van der Waals surface area (Å²) in [7, 11) is 0. The van der Waals surface area contributed by atoms with Crippen molar-refractivity contribution in [2.75, 3.05) is 39.5 Å². The van der Waals surface area contributed by atoms with Gasteiger partial charge in [0.25, 0.3) is 5.91 Å². The van der Waals surface area contributed by atoms with Crippen LogP contribution in [0.3, 0.4) is 0 Å². The van der Waals surface area contributed by atoms with Crippen LogP contribution in [0.15, 0.2) is 24.3 Å². The number of amides is 1. The summed E-state index contributed by atoms with van der Waals surface area (Å²) in [6.45, 7) is 10.6. The molecule has 5 nitrogen and oxygen atoms in total. The summed E-state index contributed by atoms with van der Waals surface area (Å²) >= 11 is 0. The van der Waals surface area contributed by atoms with E-state index in [1.807, 2.05) is 24.3 Å². The van der Waals surface area contributed by atoms with Gasteiger partial charge in [0.05, 0.1) is 13.2 Å². The highest BCUT2D eigenvalue weighted by atomic mass is 16.5. The fraction of sp³-hybridized carbons (Fsp3) is 0.632. The summed E-state index contributed by atoms with van der Waals surface area (Å²) < 4.78 is 11.1. The zero-order valence-corrected chi connectivity index (χ0v) is 15.1. The minimum Gasteiger partial charge on any atom is -0.483 e. The Balaban J connectivity index is 1.80. The van der Waals surface area contributed by atoms with E-state index in [4.69, 9.17) is 9.47 Å². The van der Waals surface area contributed by atoms with Crippen LogP contribution in [-0.2, 0) is 16.0 Å². The monoisotopic (exact) mass is 334 g/mol. The number of aryl methyl sites for hydroxylation is 1. The van der Waals surface area contributed by atoms with Gasteiger partial charge < -0.3 is 14.8 Å². The average Bonchev–Trinajstić information content (AvgIpc) is 2.61. The first-order valence-corrected chi connectivity index (χ1v) is 8.91. The lowest BCUT2D eigenvalue weighted by molar-refractivity contribution is -0.123. The number of para-hydroxylation sites is 1. The smallest absolute Gasteiger partial charge is 0.257 e. The second-order valence-electron chi connectivity index (χ2n) is 6.51. The average molecular weight is 334 g/mol. The van der Waals surface area contributed by atoms with Crippen molar-refractivity contribution in [1.82, 2.24) is 10.2 Å². The molecule has 0 aromatic heterocycles. The van der Waals surface area contributed by atoms with Crippen molar-refractivity contribution in [1.29, 1.82) is 0 Å². The Morgan fingerprint density at radius 1 is 1.29 bits per heavy atom. The number of hydrogen-bond acceptors (Lipinski definition) is 4. The van der Waals surface area contributed by atoms with Crippen molar-refractivity contribution in [2.24, 2.45) is 5.92 Å². The van der Waals surface area contributed by atoms with Gasteiger partial charge in [-0.05, 0) is 24.0 Å². The number of ether oxygens (including phenoxy) is 2. The van der Waals surface area contributed by atoms with Gasteiger partial charge in [-0.2, -0.15) is 0 Å². The molecule has 24 heavy (non-hydrogen) atoms. The molecular formula is C19H30N2O3. The van der Waals surface area contributed by atoms with E-state index in [9.17, 15) is 4.79 Å². The summed E-state index contributed by atoms with van der Waals surface area (Å²) in [4.78, 5) is 14.6. The van der Waals surface area contributed by atoms with Crippen LogP contribution in [0, 0.1) is 5.92 Å². The summed E-state index contributed by atoms with van der Waals surface area (Å²) in [5, 5.41) is 3.02. The van der Waals surface area contributed by atoms with E-state index in [-0.39, 0.29) is 12.5 Å². The van der Waals surface area contributed by atoms with Crippen molar-refractivity contribution < 1.29 is 14.3 Å². The molecule has 0 aliphatic carbocycles. The number of nitrogens with zero attached hydrogens (tertiary/aromatic N) is 1. The maximum absolute atomic E-state index is 12.1. The normalized spacial score (nSPS) is 16.8. The highest BCUT2D eigenvalue weighted by Gasteiger charge is 2.24. The Labute approximate surface area is 145 Å². The first-order valence-electron chi connectivity index (χ1n) is 8.91. The third kappa shape index (κ3) is 5.49. The fourth-order valence-corrected chi connectivity index (χ4v) is 3.05. The highest BCUT2D eigenvalue weighted by Crippen LogP contribution is 2.18. The van der Waals surface area contributed by atoms with Crippen LogP contribution in [0.2, 0.25) is 0 Å². The molecule has 1 saturated heterocycles. The molecule has 1 heterocycles. The standard InChI is InChI=1S/C19H30N2O3/c1-4-16-7-5-6-8-18(16)24-14-19(22)20-13-17(15(2)3)21-9-11-23-12-10-21/h5-8,15,17H,4,9-14H2,1-3H3,(H,20,22)/t17-/m0/s1. The largest absolute Gasteiger partial charge is 0.483 e. The maximum atomic E-state index is 12.1. The molecule has 134 valence electrons. The zero-order valence-electron chi connectivity index (χ0n) is 15.1. The SMILES string of the molecule is CCc1ccccc1OCC(=O)NC[C@@H](C(C)C)N1CCOCC1. The lowest BCUT2D eigenvalue weighted by Gasteiger charge is -2.36. The van der Waals surface area contributed by atoms with Gasteiger partial charge in [-0.25, -0.2) is 0 Å². The van der Waals surface area contributed by atoms with E-state index in [0.29, 0.717) is 18.5 Å². The second kappa shape index (κ2) is 9.64. The Morgan fingerprint density at radius 3 is 2.67 bits per heavy atom. The van der Waals surface area contributed by atoms with Gasteiger partial charge in [0.1, 0.15) is 5.75 Å². The Hall–Kier alpha value is -1.59. The predicted molar refractivity (Wildman–Crippen MR) is 95.3 cm³/mol. The molecule has 0 bridgehead atoms. The van der Waals surface area contributed by atoms with Gasteiger partial charge in [-0.3, -0.25) is 9.69 Å². The van der Waals surface area contributed by atoms with E-state index in [2.05, 4.69) is 31.0 Å². The van der Waals surface area contributed by atoms with Gasteiger partial charge in [0, 0.05) is 25.7 Å². The number of nitrogens with one attached hydrogen (secondary N) is 1. The molecule has 0 unspecified atom stereocenters. The molecule has 1 aliphatic rings. The minimum absolute atomic E-state index is 0.0605. The minimum atomic E-state index is -0.0696. The lowest BCUT2D eigenvalue weighted by atomic mass is 10.0. The van der Waals surface area contributed by atoms with Gasteiger partial charge in [0.15, 0.2) is 6.61 Å². The Bertz CT molecular complexity index is 513. The number of hydrogen-bond donors (Lipinski definition) is 1. The topological polar surface area (TPSA) is 50.8 Å². The van der Waals surface area contributed by atoms with Crippen molar-refractivity contribution >= 4 is 5.91 Å². The number of rotatable bonds is 8. The van der Waals surface area contributed by atoms with Crippen molar-refractivity contribution in [3.63, 3.8) is 0 Å². The highest BCUT2D eigenvalue weighted by molar-refractivity contribution is 5.77. The quantitative estimate of drug-likeness (QED) is 0.791. The first kappa shape index (κ1) is 18.7. The van der Waals surface area contributed by atoms with E-state index >= 15 is 0 Å². The Morgan fingerprint density at radius 2 is 2.00 bits per heavy atom. The van der Waals surface area contributed by atoms with Gasteiger partial charge in [-0.1, -0.05) is 39.0 Å². The molecular weight excluding hydrogens is 304 g/mol. The molecule has 0 saturated carbocycles. The van der Waals surface area contributed by atoms with E-state index in [1.165, 1.54) is 0 Å². The third-order valence-corrected chi connectivity index (χ3v) is 4.50. The molecule has 5 heteroatoms. The van der Waals surface area contributed by atoms with Gasteiger partial charge >= 0.3 is 0 Å². The van der Waals surface area contributed by atoms with Crippen LogP contribution in [0.4, 0.5) is 0 Å². The van der Waals surface area contributed by atoms with E-state index in [0.717, 1.165) is 44.0 Å². The van der Waals surface area contributed by atoms with Crippen molar-refractivity contribution in [3.8, 4) is 5.75 Å². The van der Waals surface area contributed by atoms with E-state index in [1.54, 1.807) is 0 Å². The zero-order chi connectivity index (χ0) is 17.4. The summed E-state index contributed by atoms with van der Waals surface area (Å²) in [6.07, 6.45) is 0.893. The third-order valence-electron chi connectivity index (χ3n) is 4.50. The maximum Gasteiger partial charge on any atom is 0.257 e. The van der Waals surface area contributed by atoms with Crippen LogP contribution < -0.4 is 10.1 Å². The number of benzene rings is 1. The lowest BCUT2D eigenvalue weighted by Crippen LogP contribution is -2.51. The molecule has 1 fully saturated rings. The van der Waals surface area contributed by atoms with Crippen LogP contribution in [-0.4, -0.2) is 56.3 Å². The summed E-state index contributed by atoms with van der Waals surface area (Å²) in [6, 6.07) is 8.19. The predicted octanol–water partition coefficient (Wildman–Crippen LogP) is 2.10. The van der Waals surface area contributed by atoms with Gasteiger partial charge in [0.2, 0.25) is 0 Å². The molecule has 1 atom stereocenters. The number of carbonyl (C=O) groups is 1. The van der Waals surface area contributed by atoms with Crippen molar-refractivity contribution in [2.45, 2.75) is 33.2 Å². The molecule has 1 aromatic carbocycles. The summed E-state index contributed by atoms with van der Waals surface area (Å²) in [5.41, 5.74) is 1.12. The molecule has 0 radical (unpaired) electrons. The summed E-state index contributed by atoms with van der Waals surface area (Å²) in [5.74, 6) is 1.20. The van der Waals surface area contributed by atoms with Crippen LogP contribution >= 0.6 is 0 Å². The second-order valence-corrected chi connectivity index (χ2v) is 6.51. The number of carbonyl (C=O) groups excluding carboxylic acids is 1. The molecule has 1 N–H and O–H groups in total. The van der Waals surface area contributed by atoms with Crippen molar-refractivity contribution in [3.05, 3.63) is 29.8 Å². The molecule has 1 aliphatic heterocycles. The Kier molecular flexibility index (Phi) is 7.53. The fourth-order valence-electron chi connectivity index (χ4n) is 3.05. The van der Waals surface area contributed by atoms with Gasteiger partial charge in [-0.15, -0.1) is 0 Å². The molecule has 1 amide bonds. The molecule has 1 aromatic rings. The van der Waals surface area contributed by atoms with Crippen LogP contribution in [0.5, 0.6) is 5.75 Å².